The van der Waals surface area contributed by atoms with E-state index in [0.29, 0.717) is 30.3 Å². The molecule has 1 aliphatic rings. The lowest BCUT2D eigenvalue weighted by atomic mass is 10.2. The monoisotopic (exact) mass is 460 g/mol. The summed E-state index contributed by atoms with van der Waals surface area (Å²) >= 11 is 6.17. The molecule has 3 heterocycles. The number of hydrogen-bond donors (Lipinski definition) is 1. The normalized spacial score (nSPS) is 14.5. The number of nitrogens with one attached hydrogen (secondary N) is 1. The summed E-state index contributed by atoms with van der Waals surface area (Å²) in [5.41, 5.74) is 4.62. The number of fused-ring (bicyclic) bond motifs is 1. The zero-order chi connectivity index (χ0) is 22.8. The fourth-order valence-electron chi connectivity index (χ4n) is 4.17. The van der Waals surface area contributed by atoms with Crippen LogP contribution in [0, 0.1) is 6.92 Å². The van der Waals surface area contributed by atoms with Crippen molar-refractivity contribution in [1.29, 1.82) is 0 Å². The van der Waals surface area contributed by atoms with Gasteiger partial charge in [0.25, 0.3) is 0 Å². The van der Waals surface area contributed by atoms with Crippen molar-refractivity contribution >= 4 is 34.5 Å². The minimum absolute atomic E-state index is 0.126. The Morgan fingerprint density at radius 3 is 2.64 bits per heavy atom. The van der Waals surface area contributed by atoms with Gasteiger partial charge in [0.1, 0.15) is 11.3 Å². The zero-order valence-electron chi connectivity index (χ0n) is 18.4. The van der Waals surface area contributed by atoms with Crippen LogP contribution in [0.3, 0.4) is 0 Å². The Hall–Kier alpha value is -3.42. The number of halogens is 1. The van der Waals surface area contributed by atoms with Crippen LogP contribution in [0.1, 0.15) is 11.4 Å². The average Bonchev–Trinajstić information content (AvgIpc) is 3.19. The highest BCUT2D eigenvalue weighted by atomic mass is 35.5. The van der Waals surface area contributed by atoms with Crippen LogP contribution in [0.2, 0.25) is 5.02 Å². The molecular formula is C25H25ClN6O. The smallest absolute Gasteiger partial charge is 0.321 e. The number of benzene rings is 2. The van der Waals surface area contributed by atoms with Gasteiger partial charge < -0.3 is 10.2 Å². The van der Waals surface area contributed by atoms with Crippen LogP contribution in [0.4, 0.5) is 10.5 Å². The molecule has 0 spiro atoms. The minimum atomic E-state index is -0.126. The third-order valence-corrected chi connectivity index (χ3v) is 6.21. The first-order chi connectivity index (χ1) is 16.1. The maximum Gasteiger partial charge on any atom is 0.321 e. The van der Waals surface area contributed by atoms with E-state index in [1.807, 2.05) is 29.2 Å². The molecule has 0 saturated carbocycles. The Balaban J connectivity index is 1.30. The number of amides is 2. The third-order valence-electron chi connectivity index (χ3n) is 5.89. The summed E-state index contributed by atoms with van der Waals surface area (Å²) in [4.78, 5) is 26.3. The van der Waals surface area contributed by atoms with E-state index in [1.165, 1.54) is 5.56 Å². The minimum Gasteiger partial charge on any atom is -0.322 e. The van der Waals surface area contributed by atoms with Gasteiger partial charge in [-0.2, -0.15) is 0 Å². The van der Waals surface area contributed by atoms with E-state index in [1.54, 1.807) is 18.3 Å². The third kappa shape index (κ3) is 4.55. The Bertz CT molecular complexity index is 1300. The number of nitrogens with zero attached hydrogens (tertiary/aromatic N) is 5. The molecule has 1 aliphatic heterocycles. The Morgan fingerprint density at radius 1 is 1.03 bits per heavy atom. The van der Waals surface area contributed by atoms with Crippen molar-refractivity contribution in [3.05, 3.63) is 83.3 Å². The number of hydrogen-bond acceptors (Lipinski definition) is 4. The summed E-state index contributed by atoms with van der Waals surface area (Å²) in [5, 5.41) is 3.45. The zero-order valence-corrected chi connectivity index (χ0v) is 19.2. The number of aryl methyl sites for hydroxylation is 1. The van der Waals surface area contributed by atoms with Crippen molar-refractivity contribution in [1.82, 2.24) is 24.3 Å². The van der Waals surface area contributed by atoms with Crippen molar-refractivity contribution < 1.29 is 4.79 Å². The summed E-state index contributed by atoms with van der Waals surface area (Å²) in [5.74, 6) is 0.947. The highest BCUT2D eigenvalue weighted by Crippen LogP contribution is 2.23. The van der Waals surface area contributed by atoms with Crippen LogP contribution in [0.15, 0.2) is 66.9 Å². The van der Waals surface area contributed by atoms with Crippen LogP contribution >= 0.6 is 11.6 Å². The van der Waals surface area contributed by atoms with Crippen molar-refractivity contribution in [2.45, 2.75) is 13.5 Å². The molecule has 1 saturated heterocycles. The van der Waals surface area contributed by atoms with Crippen LogP contribution in [0.5, 0.6) is 0 Å². The summed E-state index contributed by atoms with van der Waals surface area (Å²) in [6.45, 7) is 5.58. The second kappa shape index (κ2) is 9.21. The molecular weight excluding hydrogens is 436 g/mol. The fraction of sp³-hybridized carbons (Fsp3) is 0.240. The van der Waals surface area contributed by atoms with E-state index in [2.05, 4.69) is 51.0 Å². The van der Waals surface area contributed by atoms with Gasteiger partial charge in [0, 0.05) is 38.1 Å². The first-order valence-corrected chi connectivity index (χ1v) is 11.4. The summed E-state index contributed by atoms with van der Waals surface area (Å²) in [6.07, 6.45) is 1.80. The molecule has 0 atom stereocenters. The van der Waals surface area contributed by atoms with Crippen molar-refractivity contribution in [3.8, 4) is 5.69 Å². The van der Waals surface area contributed by atoms with Crippen LogP contribution < -0.4 is 5.32 Å². The van der Waals surface area contributed by atoms with Crippen LogP contribution in [-0.4, -0.2) is 56.5 Å². The molecule has 2 aromatic heterocycles. The van der Waals surface area contributed by atoms with Crippen LogP contribution in [-0.2, 0) is 6.54 Å². The number of rotatable bonds is 4. The van der Waals surface area contributed by atoms with Gasteiger partial charge in [-0.3, -0.25) is 9.47 Å². The van der Waals surface area contributed by atoms with E-state index < -0.39 is 0 Å². The number of urea groups is 1. The Kier molecular flexibility index (Phi) is 5.98. The van der Waals surface area contributed by atoms with Gasteiger partial charge in [-0.05, 0) is 48.9 Å². The number of pyridine rings is 1. The molecule has 0 bridgehead atoms. The van der Waals surface area contributed by atoms with Crippen molar-refractivity contribution in [2.75, 3.05) is 31.5 Å². The maximum atomic E-state index is 12.7. The molecule has 1 N–H and O–H groups in total. The van der Waals surface area contributed by atoms with Gasteiger partial charge in [0.2, 0.25) is 0 Å². The molecule has 4 aromatic rings. The van der Waals surface area contributed by atoms with Gasteiger partial charge in [0.05, 0.1) is 17.3 Å². The first-order valence-electron chi connectivity index (χ1n) is 11.0. The van der Waals surface area contributed by atoms with E-state index in [4.69, 9.17) is 16.6 Å². The number of carbonyl (C=O) groups is 1. The number of para-hydroxylation sites is 1. The molecule has 8 heteroatoms. The molecule has 168 valence electrons. The largest absolute Gasteiger partial charge is 0.322 e. The van der Waals surface area contributed by atoms with Crippen molar-refractivity contribution in [3.63, 3.8) is 0 Å². The fourth-order valence-corrected chi connectivity index (χ4v) is 4.35. The van der Waals surface area contributed by atoms with E-state index in [9.17, 15) is 4.79 Å². The molecule has 0 aliphatic carbocycles. The Labute approximate surface area is 197 Å². The van der Waals surface area contributed by atoms with Gasteiger partial charge in [-0.15, -0.1) is 0 Å². The van der Waals surface area contributed by atoms with Gasteiger partial charge in [-0.1, -0.05) is 35.9 Å². The second-order valence-corrected chi connectivity index (χ2v) is 8.63. The number of imidazole rings is 1. The number of aromatic nitrogens is 3. The van der Waals surface area contributed by atoms with E-state index in [-0.39, 0.29) is 6.03 Å². The molecule has 7 nitrogen and oxygen atoms in total. The Morgan fingerprint density at radius 2 is 1.85 bits per heavy atom. The lowest BCUT2D eigenvalue weighted by molar-refractivity contribution is 0.140. The highest BCUT2D eigenvalue weighted by molar-refractivity contribution is 6.33. The topological polar surface area (TPSA) is 66.3 Å². The SMILES string of the molecule is Cc1cccc(-n2c(CN3CCN(C(=O)Nc4ccccc4Cl)CC3)nc3cccnc32)c1. The quantitative estimate of drug-likeness (QED) is 0.478. The predicted molar refractivity (Wildman–Crippen MR) is 131 cm³/mol. The van der Waals surface area contributed by atoms with Gasteiger partial charge >= 0.3 is 6.03 Å². The number of piperazine rings is 1. The lowest BCUT2D eigenvalue weighted by Gasteiger charge is -2.34. The molecule has 2 aromatic carbocycles. The van der Waals surface area contributed by atoms with E-state index >= 15 is 0 Å². The molecule has 2 amide bonds. The predicted octanol–water partition coefficient (Wildman–Crippen LogP) is 4.73. The highest BCUT2D eigenvalue weighted by Gasteiger charge is 2.24. The van der Waals surface area contributed by atoms with Gasteiger partial charge in [0.15, 0.2) is 5.65 Å². The summed E-state index contributed by atoms with van der Waals surface area (Å²) in [6, 6.07) is 19.4. The summed E-state index contributed by atoms with van der Waals surface area (Å²) in [7, 11) is 0. The molecule has 0 radical (unpaired) electrons. The molecule has 0 unspecified atom stereocenters. The number of anilines is 1. The molecule has 5 rings (SSSR count). The van der Waals surface area contributed by atoms with Gasteiger partial charge in [-0.25, -0.2) is 14.8 Å². The molecule has 33 heavy (non-hydrogen) atoms. The second-order valence-electron chi connectivity index (χ2n) is 8.22. The van der Waals surface area contributed by atoms with E-state index in [0.717, 1.165) is 35.8 Å². The maximum absolute atomic E-state index is 12.7. The summed E-state index contributed by atoms with van der Waals surface area (Å²) < 4.78 is 2.14. The van der Waals surface area contributed by atoms with Crippen LogP contribution in [0.25, 0.3) is 16.9 Å². The number of carbonyl (C=O) groups excluding carboxylic acids is 1. The first kappa shape index (κ1) is 21.4. The van der Waals surface area contributed by atoms with Crippen molar-refractivity contribution in [2.24, 2.45) is 0 Å². The standard InChI is InChI=1S/C25H25ClN6O/c1-18-6-4-7-19(16-18)32-23(28-22-10-5-11-27-24(22)32)17-30-12-14-31(15-13-30)25(33)29-21-9-3-2-8-20(21)26/h2-11,16H,12-15,17H2,1H3,(H,29,33). The average molecular weight is 461 g/mol. The molecule has 1 fully saturated rings. The lowest BCUT2D eigenvalue weighted by Crippen LogP contribution is -2.49.